The molecule has 0 radical (unpaired) electrons. The molecule has 1 aromatic heterocycles. The van der Waals surface area contributed by atoms with Crippen molar-refractivity contribution in [2.24, 2.45) is 0 Å². The number of hydrogen-bond donors (Lipinski definition) is 1. The first-order valence-corrected chi connectivity index (χ1v) is 5.93. The highest BCUT2D eigenvalue weighted by molar-refractivity contribution is 9.10. The molecular weight excluding hydrogens is 268 g/mol. The van der Waals surface area contributed by atoms with E-state index in [1.54, 1.807) is 6.20 Å². The minimum absolute atomic E-state index is 0.620. The highest BCUT2D eigenvalue weighted by Crippen LogP contribution is 2.28. The molecule has 84 valence electrons. The summed E-state index contributed by atoms with van der Waals surface area (Å²) < 4.78 is 6.68. The summed E-state index contributed by atoms with van der Waals surface area (Å²) >= 11 is 3.52. The molecule has 2 aromatic rings. The van der Waals surface area contributed by atoms with Crippen LogP contribution in [0.5, 0.6) is 5.88 Å². The fraction of sp³-hybridized carbons (Fsp3) is 0.250. The average molecular weight is 281 g/mol. The number of nitrogens with zero attached hydrogens (tertiary/aromatic N) is 1. The van der Waals surface area contributed by atoms with Crippen LogP contribution in [-0.4, -0.2) is 25.2 Å². The van der Waals surface area contributed by atoms with E-state index in [2.05, 4.69) is 26.2 Å². The van der Waals surface area contributed by atoms with Crippen molar-refractivity contribution in [1.82, 2.24) is 10.3 Å². The Hall–Kier alpha value is -1.13. The van der Waals surface area contributed by atoms with Gasteiger partial charge in [-0.05, 0) is 25.2 Å². The van der Waals surface area contributed by atoms with E-state index in [1.165, 1.54) is 0 Å². The molecule has 0 aliphatic carbocycles. The van der Waals surface area contributed by atoms with Crippen molar-refractivity contribution in [3.05, 3.63) is 34.9 Å². The Morgan fingerprint density at radius 1 is 1.31 bits per heavy atom. The number of rotatable bonds is 4. The number of pyridine rings is 1. The van der Waals surface area contributed by atoms with Crippen LogP contribution in [0.15, 0.2) is 34.9 Å². The van der Waals surface area contributed by atoms with Crippen LogP contribution in [0.4, 0.5) is 0 Å². The second kappa shape index (κ2) is 5.27. The van der Waals surface area contributed by atoms with Gasteiger partial charge in [-0.2, -0.15) is 0 Å². The van der Waals surface area contributed by atoms with Crippen LogP contribution in [0, 0.1) is 0 Å². The summed E-state index contributed by atoms with van der Waals surface area (Å²) in [6.07, 6.45) is 1.77. The molecule has 16 heavy (non-hydrogen) atoms. The van der Waals surface area contributed by atoms with Crippen LogP contribution in [0.1, 0.15) is 0 Å². The standard InChI is InChI=1S/C12H13BrN2O/c1-14-7-8-16-12-10-3-2-4-11(13)9(10)5-6-15-12/h2-6,14H,7-8H2,1H3. The monoisotopic (exact) mass is 280 g/mol. The number of hydrogen-bond acceptors (Lipinski definition) is 3. The number of aromatic nitrogens is 1. The summed E-state index contributed by atoms with van der Waals surface area (Å²) in [6.45, 7) is 1.43. The summed E-state index contributed by atoms with van der Waals surface area (Å²) in [5.74, 6) is 0.689. The quantitative estimate of drug-likeness (QED) is 0.875. The molecule has 0 aliphatic heterocycles. The first kappa shape index (κ1) is 11.4. The van der Waals surface area contributed by atoms with Crippen LogP contribution in [0.3, 0.4) is 0 Å². The van der Waals surface area contributed by atoms with Gasteiger partial charge in [-0.15, -0.1) is 0 Å². The topological polar surface area (TPSA) is 34.1 Å². The summed E-state index contributed by atoms with van der Waals surface area (Å²) in [5.41, 5.74) is 0. The number of benzene rings is 1. The van der Waals surface area contributed by atoms with Gasteiger partial charge in [-0.3, -0.25) is 0 Å². The van der Waals surface area contributed by atoms with Crippen LogP contribution in [0.2, 0.25) is 0 Å². The zero-order valence-corrected chi connectivity index (χ0v) is 10.6. The molecule has 0 amide bonds. The van der Waals surface area contributed by atoms with Crippen LogP contribution in [0.25, 0.3) is 10.8 Å². The van der Waals surface area contributed by atoms with Crippen molar-refractivity contribution in [2.45, 2.75) is 0 Å². The Morgan fingerprint density at radius 3 is 3.00 bits per heavy atom. The van der Waals surface area contributed by atoms with Crippen molar-refractivity contribution in [3.63, 3.8) is 0 Å². The third-order valence-corrected chi connectivity index (χ3v) is 3.00. The summed E-state index contributed by atoms with van der Waals surface area (Å²) in [7, 11) is 1.90. The Morgan fingerprint density at radius 2 is 2.19 bits per heavy atom. The molecule has 1 N–H and O–H groups in total. The molecular formula is C12H13BrN2O. The molecule has 0 bridgehead atoms. The van der Waals surface area contributed by atoms with Crippen LogP contribution >= 0.6 is 15.9 Å². The van der Waals surface area contributed by atoms with Gasteiger partial charge < -0.3 is 10.1 Å². The van der Waals surface area contributed by atoms with E-state index < -0.39 is 0 Å². The molecule has 3 nitrogen and oxygen atoms in total. The van der Waals surface area contributed by atoms with Crippen LogP contribution < -0.4 is 10.1 Å². The number of fused-ring (bicyclic) bond motifs is 1. The summed E-state index contributed by atoms with van der Waals surface area (Å²) in [5, 5.41) is 5.19. The molecule has 0 atom stereocenters. The predicted molar refractivity (Wildman–Crippen MR) is 68.9 cm³/mol. The molecule has 0 fully saturated rings. The molecule has 0 unspecified atom stereocenters. The van der Waals surface area contributed by atoms with E-state index in [1.807, 2.05) is 31.3 Å². The largest absolute Gasteiger partial charge is 0.476 e. The molecule has 0 spiro atoms. The average Bonchev–Trinajstić information content (AvgIpc) is 2.31. The van der Waals surface area contributed by atoms with Gasteiger partial charge in [0.25, 0.3) is 0 Å². The SMILES string of the molecule is CNCCOc1nccc2c(Br)cccc12. The molecule has 1 heterocycles. The second-order valence-corrected chi connectivity index (χ2v) is 4.26. The van der Waals surface area contributed by atoms with E-state index in [4.69, 9.17) is 4.74 Å². The smallest absolute Gasteiger partial charge is 0.221 e. The van der Waals surface area contributed by atoms with E-state index in [0.29, 0.717) is 12.5 Å². The highest BCUT2D eigenvalue weighted by Gasteiger charge is 2.04. The van der Waals surface area contributed by atoms with Gasteiger partial charge in [-0.1, -0.05) is 22.0 Å². The molecule has 0 saturated heterocycles. The minimum atomic E-state index is 0.620. The summed E-state index contributed by atoms with van der Waals surface area (Å²) in [6, 6.07) is 7.99. The maximum Gasteiger partial charge on any atom is 0.221 e. The number of nitrogens with one attached hydrogen (secondary N) is 1. The predicted octanol–water partition coefficient (Wildman–Crippen LogP) is 2.60. The molecule has 0 aliphatic rings. The van der Waals surface area contributed by atoms with Gasteiger partial charge in [0.1, 0.15) is 6.61 Å². The van der Waals surface area contributed by atoms with Gasteiger partial charge in [0.2, 0.25) is 5.88 Å². The zero-order valence-electron chi connectivity index (χ0n) is 9.03. The Kier molecular flexibility index (Phi) is 3.74. The third kappa shape index (κ3) is 2.33. The molecule has 0 saturated carbocycles. The van der Waals surface area contributed by atoms with Crippen molar-refractivity contribution >= 4 is 26.7 Å². The molecule has 1 aromatic carbocycles. The first-order chi connectivity index (χ1) is 7.83. The van der Waals surface area contributed by atoms with E-state index in [9.17, 15) is 0 Å². The Bertz CT molecular complexity index is 487. The molecule has 2 rings (SSSR count). The fourth-order valence-corrected chi connectivity index (χ4v) is 2.01. The van der Waals surface area contributed by atoms with Gasteiger partial charge in [0.15, 0.2) is 0 Å². The minimum Gasteiger partial charge on any atom is -0.476 e. The first-order valence-electron chi connectivity index (χ1n) is 5.13. The van der Waals surface area contributed by atoms with Crippen molar-refractivity contribution in [3.8, 4) is 5.88 Å². The zero-order chi connectivity index (χ0) is 11.4. The maximum absolute atomic E-state index is 5.62. The van der Waals surface area contributed by atoms with Crippen LogP contribution in [-0.2, 0) is 0 Å². The lowest BCUT2D eigenvalue weighted by atomic mass is 10.2. The maximum atomic E-state index is 5.62. The summed E-state index contributed by atoms with van der Waals surface area (Å²) in [4.78, 5) is 4.25. The fourth-order valence-electron chi connectivity index (χ4n) is 1.51. The van der Waals surface area contributed by atoms with Gasteiger partial charge in [0, 0.05) is 28.0 Å². The number of halogens is 1. The van der Waals surface area contributed by atoms with Crippen molar-refractivity contribution in [2.75, 3.05) is 20.2 Å². The van der Waals surface area contributed by atoms with Crippen molar-refractivity contribution < 1.29 is 4.74 Å². The van der Waals surface area contributed by atoms with Crippen molar-refractivity contribution in [1.29, 1.82) is 0 Å². The second-order valence-electron chi connectivity index (χ2n) is 3.40. The Labute approximate surface area is 103 Å². The lowest BCUT2D eigenvalue weighted by Gasteiger charge is -2.08. The molecule has 4 heteroatoms. The lowest BCUT2D eigenvalue weighted by Crippen LogP contribution is -2.16. The number of ether oxygens (including phenoxy) is 1. The van der Waals surface area contributed by atoms with E-state index in [-0.39, 0.29) is 0 Å². The Balaban J connectivity index is 2.34. The van der Waals surface area contributed by atoms with Gasteiger partial charge in [0.05, 0.1) is 0 Å². The highest BCUT2D eigenvalue weighted by atomic mass is 79.9. The van der Waals surface area contributed by atoms with E-state index in [0.717, 1.165) is 21.8 Å². The number of likely N-dealkylation sites (N-methyl/N-ethyl adjacent to an activating group) is 1. The van der Waals surface area contributed by atoms with E-state index >= 15 is 0 Å². The third-order valence-electron chi connectivity index (χ3n) is 2.31. The van der Waals surface area contributed by atoms with Gasteiger partial charge in [-0.25, -0.2) is 4.98 Å². The normalized spacial score (nSPS) is 10.6. The van der Waals surface area contributed by atoms with Gasteiger partial charge >= 0.3 is 0 Å². The lowest BCUT2D eigenvalue weighted by molar-refractivity contribution is 0.310.